The summed E-state index contributed by atoms with van der Waals surface area (Å²) >= 11 is 0. The van der Waals surface area contributed by atoms with Gasteiger partial charge >= 0.3 is 25.9 Å². The molecule has 0 amide bonds. The molecule has 0 bridgehead atoms. The van der Waals surface area contributed by atoms with Gasteiger partial charge in [-0.3, -0.25) is 0 Å². The highest BCUT2D eigenvalue weighted by Crippen LogP contribution is 2.20. The molecule has 0 aromatic rings. The van der Waals surface area contributed by atoms with Gasteiger partial charge in [-0.1, -0.05) is 0 Å². The van der Waals surface area contributed by atoms with E-state index in [2.05, 4.69) is 0 Å². The fourth-order valence-corrected chi connectivity index (χ4v) is 9.79. The predicted octanol–water partition coefficient (Wildman–Crippen LogP) is 1.28. The van der Waals surface area contributed by atoms with Gasteiger partial charge in [0.25, 0.3) is 0 Å². The van der Waals surface area contributed by atoms with Gasteiger partial charge in [-0.15, -0.1) is 0 Å². The van der Waals surface area contributed by atoms with Gasteiger partial charge in [0.15, 0.2) is 0 Å². The molecule has 0 aromatic carbocycles. The molecule has 0 aromatic heterocycles. The van der Waals surface area contributed by atoms with Crippen LogP contribution in [-0.4, -0.2) is 44.9 Å². The van der Waals surface area contributed by atoms with E-state index in [1.165, 1.54) is 7.11 Å². The highest BCUT2D eigenvalue weighted by Gasteiger charge is 2.45. The Morgan fingerprint density at radius 2 is 1.27 bits per heavy atom. The van der Waals surface area contributed by atoms with Crippen LogP contribution in [0.1, 0.15) is 0 Å². The van der Waals surface area contributed by atoms with Crippen LogP contribution in [0.5, 0.6) is 0 Å². The van der Waals surface area contributed by atoms with E-state index in [0.717, 1.165) is 0 Å². The number of hydrogen-bond donors (Lipinski definition) is 1. The maximum atomic E-state index is 9.72. The Balaban J connectivity index is 4.58. The van der Waals surface area contributed by atoms with Crippen molar-refractivity contribution < 1.29 is 21.9 Å². The SMILES string of the molecule is CO[Si](C)(C)O[Si](C)(OC)O[Si](C)(C)O. The van der Waals surface area contributed by atoms with Gasteiger partial charge in [0.05, 0.1) is 0 Å². The summed E-state index contributed by atoms with van der Waals surface area (Å²) < 4.78 is 21.9. The maximum absolute atomic E-state index is 9.72. The molecule has 0 aliphatic rings. The largest absolute Gasteiger partial charge is 0.479 e. The molecule has 0 heterocycles. The molecule has 0 aliphatic carbocycles. The maximum Gasteiger partial charge on any atom is 0.479 e. The van der Waals surface area contributed by atoms with Crippen molar-refractivity contribution in [2.45, 2.75) is 32.7 Å². The van der Waals surface area contributed by atoms with Crippen molar-refractivity contribution in [2.24, 2.45) is 0 Å². The molecule has 1 N–H and O–H groups in total. The Morgan fingerprint density at radius 3 is 1.53 bits per heavy atom. The van der Waals surface area contributed by atoms with Gasteiger partial charge < -0.3 is 21.9 Å². The zero-order chi connectivity index (χ0) is 12.3. The second kappa shape index (κ2) is 5.19. The van der Waals surface area contributed by atoms with Crippen molar-refractivity contribution in [3.8, 4) is 0 Å². The molecule has 1 atom stereocenters. The molecule has 0 fully saturated rings. The third-order valence-electron chi connectivity index (χ3n) is 1.73. The van der Waals surface area contributed by atoms with E-state index in [1.807, 2.05) is 13.1 Å². The second-order valence-corrected chi connectivity index (χ2v) is 14.2. The first-order valence-electron chi connectivity index (χ1n) is 4.76. The summed E-state index contributed by atoms with van der Waals surface area (Å²) in [5.41, 5.74) is 0. The standard InChI is InChI=1S/C7H22O5Si3/c1-9-14(5,6)12-15(7,10-2)11-13(3,4)8/h8H,1-7H3. The first-order chi connectivity index (χ1) is 6.54. The van der Waals surface area contributed by atoms with Gasteiger partial charge in [-0.05, 0) is 26.2 Å². The van der Waals surface area contributed by atoms with Crippen LogP contribution in [0.15, 0.2) is 0 Å². The summed E-state index contributed by atoms with van der Waals surface area (Å²) in [6.45, 7) is 8.95. The Morgan fingerprint density at radius 1 is 0.800 bits per heavy atom. The van der Waals surface area contributed by atoms with E-state index < -0.39 is 25.9 Å². The average Bonchev–Trinajstić information content (AvgIpc) is 2.00. The second-order valence-electron chi connectivity index (χ2n) is 4.32. The lowest BCUT2D eigenvalue weighted by molar-refractivity contribution is 0.165. The van der Waals surface area contributed by atoms with Gasteiger partial charge in [-0.2, -0.15) is 0 Å². The first kappa shape index (κ1) is 15.5. The Kier molecular flexibility index (Phi) is 5.34. The molecule has 1 unspecified atom stereocenters. The minimum Gasteiger partial charge on any atom is -0.411 e. The zero-order valence-electron chi connectivity index (χ0n) is 10.6. The third-order valence-corrected chi connectivity index (χ3v) is 10.4. The zero-order valence-corrected chi connectivity index (χ0v) is 13.6. The Bertz CT molecular complexity index is 205. The normalized spacial score (nSPS) is 17.6. The lowest BCUT2D eigenvalue weighted by atomic mass is 11.8. The molecule has 0 radical (unpaired) electrons. The molecule has 0 spiro atoms. The molecule has 0 aliphatic heterocycles. The van der Waals surface area contributed by atoms with Crippen LogP contribution in [0.3, 0.4) is 0 Å². The molecule has 8 heteroatoms. The van der Waals surface area contributed by atoms with Crippen LogP contribution >= 0.6 is 0 Å². The van der Waals surface area contributed by atoms with Crippen LogP contribution in [-0.2, 0) is 17.1 Å². The summed E-state index contributed by atoms with van der Waals surface area (Å²) in [5, 5.41) is 0. The Hall–Kier alpha value is 0.451. The fourth-order valence-electron chi connectivity index (χ4n) is 1.05. The molecule has 0 rings (SSSR count). The van der Waals surface area contributed by atoms with Gasteiger partial charge in [0.2, 0.25) is 0 Å². The predicted molar refractivity (Wildman–Crippen MR) is 65.0 cm³/mol. The highest BCUT2D eigenvalue weighted by molar-refractivity contribution is 6.81. The molecule has 92 valence electrons. The monoisotopic (exact) mass is 270 g/mol. The van der Waals surface area contributed by atoms with E-state index >= 15 is 0 Å². The van der Waals surface area contributed by atoms with Crippen molar-refractivity contribution in [3.05, 3.63) is 0 Å². The third kappa shape index (κ3) is 6.58. The smallest absolute Gasteiger partial charge is 0.411 e. The van der Waals surface area contributed by atoms with Crippen LogP contribution in [0, 0.1) is 0 Å². The molecule has 15 heavy (non-hydrogen) atoms. The topological polar surface area (TPSA) is 57.2 Å². The van der Waals surface area contributed by atoms with E-state index in [0.29, 0.717) is 0 Å². The number of hydrogen-bond acceptors (Lipinski definition) is 5. The van der Waals surface area contributed by atoms with Crippen molar-refractivity contribution >= 4 is 25.9 Å². The van der Waals surface area contributed by atoms with Crippen LogP contribution in [0.4, 0.5) is 0 Å². The van der Waals surface area contributed by atoms with E-state index in [9.17, 15) is 4.80 Å². The number of rotatable bonds is 6. The van der Waals surface area contributed by atoms with E-state index in [1.54, 1.807) is 26.8 Å². The lowest BCUT2D eigenvalue weighted by Gasteiger charge is -2.35. The highest BCUT2D eigenvalue weighted by atomic mass is 28.5. The van der Waals surface area contributed by atoms with Crippen molar-refractivity contribution in [3.63, 3.8) is 0 Å². The van der Waals surface area contributed by atoms with Gasteiger partial charge in [0.1, 0.15) is 0 Å². The lowest BCUT2D eigenvalue weighted by Crippen LogP contribution is -2.56. The van der Waals surface area contributed by atoms with Crippen molar-refractivity contribution in [2.75, 3.05) is 14.2 Å². The summed E-state index contributed by atoms with van der Waals surface area (Å²) in [5.74, 6) is 0. The van der Waals surface area contributed by atoms with Gasteiger partial charge in [0, 0.05) is 20.8 Å². The molecular weight excluding hydrogens is 248 g/mol. The minimum absolute atomic E-state index is 1.53. The van der Waals surface area contributed by atoms with Gasteiger partial charge in [-0.25, -0.2) is 0 Å². The average molecular weight is 271 g/mol. The van der Waals surface area contributed by atoms with Crippen LogP contribution < -0.4 is 0 Å². The van der Waals surface area contributed by atoms with Crippen LogP contribution in [0.25, 0.3) is 0 Å². The first-order valence-corrected chi connectivity index (χ1v) is 12.7. The van der Waals surface area contributed by atoms with Crippen LogP contribution in [0.2, 0.25) is 32.7 Å². The molecule has 5 nitrogen and oxygen atoms in total. The molecular formula is C7H22O5Si3. The minimum atomic E-state index is -2.77. The quantitative estimate of drug-likeness (QED) is 0.737. The fraction of sp³-hybridized carbons (Fsp3) is 1.00. The summed E-state index contributed by atoms with van der Waals surface area (Å²) in [6, 6.07) is 0. The van der Waals surface area contributed by atoms with Crippen molar-refractivity contribution in [1.29, 1.82) is 0 Å². The van der Waals surface area contributed by atoms with Crippen molar-refractivity contribution in [1.82, 2.24) is 0 Å². The Labute approximate surface area is 95.2 Å². The van der Waals surface area contributed by atoms with E-state index in [4.69, 9.17) is 17.1 Å². The molecule has 0 saturated heterocycles. The summed E-state index contributed by atoms with van der Waals surface area (Å²) in [6.07, 6.45) is 0. The molecule has 0 saturated carbocycles. The summed E-state index contributed by atoms with van der Waals surface area (Å²) in [7, 11) is -4.48. The summed E-state index contributed by atoms with van der Waals surface area (Å²) in [4.78, 5) is 9.72. The van der Waals surface area contributed by atoms with E-state index in [-0.39, 0.29) is 0 Å².